The van der Waals surface area contributed by atoms with Crippen LogP contribution >= 0.6 is 0 Å². The Labute approximate surface area is 125 Å². The van der Waals surface area contributed by atoms with Gasteiger partial charge in [-0.05, 0) is 23.3 Å². The molecule has 0 aliphatic rings. The molecule has 0 spiro atoms. The van der Waals surface area contributed by atoms with Crippen molar-refractivity contribution in [3.63, 3.8) is 0 Å². The van der Waals surface area contributed by atoms with Gasteiger partial charge in [0.15, 0.2) is 0 Å². The first kappa shape index (κ1) is 15.2. The van der Waals surface area contributed by atoms with Gasteiger partial charge in [-0.2, -0.15) is 9.57 Å². The summed E-state index contributed by atoms with van der Waals surface area (Å²) in [6, 6.07) is 17.9. The molecule has 0 N–H and O–H groups in total. The summed E-state index contributed by atoms with van der Waals surface area (Å²) < 4.78 is 26.3. The predicted molar refractivity (Wildman–Crippen MR) is 80.9 cm³/mol. The van der Waals surface area contributed by atoms with Crippen LogP contribution in [0.5, 0.6) is 0 Å². The second-order valence-electron chi connectivity index (χ2n) is 4.73. The highest BCUT2D eigenvalue weighted by Crippen LogP contribution is 2.17. The van der Waals surface area contributed by atoms with E-state index in [9.17, 15) is 8.42 Å². The molecule has 5 heteroatoms. The Hall–Kier alpha value is -2.16. The summed E-state index contributed by atoms with van der Waals surface area (Å²) in [5.74, 6) is 0. The topological polar surface area (TPSA) is 61.2 Å². The van der Waals surface area contributed by atoms with Gasteiger partial charge in [0.2, 0.25) is 10.0 Å². The fourth-order valence-corrected chi connectivity index (χ4v) is 3.13. The third kappa shape index (κ3) is 3.69. The molecule has 0 heterocycles. The fraction of sp³-hybridized carbons (Fsp3) is 0.188. The number of nitriles is 1. The molecule has 0 radical (unpaired) electrons. The number of hydrogen-bond donors (Lipinski definition) is 0. The van der Waals surface area contributed by atoms with Crippen molar-refractivity contribution in [2.75, 3.05) is 7.05 Å². The third-order valence-electron chi connectivity index (χ3n) is 3.16. The van der Waals surface area contributed by atoms with E-state index in [1.54, 1.807) is 31.3 Å². The average molecular weight is 300 g/mol. The average Bonchev–Trinajstić information content (AvgIpc) is 2.49. The number of sulfonamides is 1. The van der Waals surface area contributed by atoms with Crippen LogP contribution < -0.4 is 0 Å². The standard InChI is InChI=1S/C16H16N2O2S/c1-18(13-15-5-3-2-4-6-15)21(19,20)16-9-7-14(8-10-16)11-12-17/h2-10H,11,13H2,1H3. The maximum Gasteiger partial charge on any atom is 0.243 e. The summed E-state index contributed by atoms with van der Waals surface area (Å²) in [5.41, 5.74) is 1.74. The van der Waals surface area contributed by atoms with E-state index in [0.717, 1.165) is 11.1 Å². The molecule has 0 amide bonds. The van der Waals surface area contributed by atoms with Crippen LogP contribution in [-0.2, 0) is 23.0 Å². The second-order valence-corrected chi connectivity index (χ2v) is 6.77. The quantitative estimate of drug-likeness (QED) is 0.852. The molecule has 0 unspecified atom stereocenters. The molecule has 0 atom stereocenters. The maximum atomic E-state index is 12.5. The van der Waals surface area contributed by atoms with Gasteiger partial charge in [0.25, 0.3) is 0 Å². The van der Waals surface area contributed by atoms with Crippen molar-refractivity contribution in [2.24, 2.45) is 0 Å². The predicted octanol–water partition coefficient (Wildman–Crippen LogP) is 2.57. The number of rotatable bonds is 5. The monoisotopic (exact) mass is 300 g/mol. The first-order chi connectivity index (χ1) is 10.0. The van der Waals surface area contributed by atoms with Crippen LogP contribution in [0.4, 0.5) is 0 Å². The molecule has 0 aliphatic carbocycles. The Bertz CT molecular complexity index is 732. The van der Waals surface area contributed by atoms with Gasteiger partial charge >= 0.3 is 0 Å². The molecule has 0 saturated carbocycles. The van der Waals surface area contributed by atoms with Gasteiger partial charge in [0, 0.05) is 13.6 Å². The molecule has 0 fully saturated rings. The van der Waals surface area contributed by atoms with Crippen molar-refractivity contribution >= 4 is 10.0 Å². The van der Waals surface area contributed by atoms with E-state index in [2.05, 4.69) is 0 Å². The molecule has 0 saturated heterocycles. The van der Waals surface area contributed by atoms with Crippen molar-refractivity contribution in [2.45, 2.75) is 17.9 Å². The lowest BCUT2D eigenvalue weighted by atomic mass is 10.2. The van der Waals surface area contributed by atoms with Crippen LogP contribution in [-0.4, -0.2) is 19.8 Å². The van der Waals surface area contributed by atoms with Crippen molar-refractivity contribution in [3.8, 4) is 6.07 Å². The molecule has 2 rings (SSSR count). The van der Waals surface area contributed by atoms with Crippen LogP contribution in [0.1, 0.15) is 11.1 Å². The molecular weight excluding hydrogens is 284 g/mol. The molecule has 0 aliphatic heterocycles. The van der Waals surface area contributed by atoms with Gasteiger partial charge in [0.1, 0.15) is 0 Å². The minimum atomic E-state index is -3.52. The normalized spacial score (nSPS) is 11.3. The van der Waals surface area contributed by atoms with E-state index >= 15 is 0 Å². The fourth-order valence-electron chi connectivity index (χ4n) is 1.98. The van der Waals surface area contributed by atoms with Gasteiger partial charge < -0.3 is 0 Å². The van der Waals surface area contributed by atoms with E-state index in [-0.39, 0.29) is 11.3 Å². The Balaban J connectivity index is 2.19. The number of benzene rings is 2. The SMILES string of the molecule is CN(Cc1ccccc1)S(=O)(=O)c1ccc(CC#N)cc1. The molecule has 2 aromatic rings. The van der Waals surface area contributed by atoms with E-state index in [1.165, 1.54) is 4.31 Å². The zero-order valence-corrected chi connectivity index (χ0v) is 12.5. The van der Waals surface area contributed by atoms with Crippen molar-refractivity contribution in [3.05, 3.63) is 65.7 Å². The largest absolute Gasteiger partial charge is 0.243 e. The minimum absolute atomic E-state index is 0.239. The summed E-state index contributed by atoms with van der Waals surface area (Å²) in [6.07, 6.45) is 0.278. The zero-order chi connectivity index (χ0) is 15.3. The van der Waals surface area contributed by atoms with E-state index in [4.69, 9.17) is 5.26 Å². The Morgan fingerprint density at radius 2 is 1.62 bits per heavy atom. The molecule has 0 aromatic heterocycles. The summed E-state index contributed by atoms with van der Waals surface area (Å²) in [7, 11) is -1.96. The number of nitrogens with zero attached hydrogens (tertiary/aromatic N) is 2. The maximum absolute atomic E-state index is 12.5. The van der Waals surface area contributed by atoms with E-state index < -0.39 is 10.0 Å². The van der Waals surface area contributed by atoms with Gasteiger partial charge in [-0.1, -0.05) is 42.5 Å². The molecule has 108 valence electrons. The highest BCUT2D eigenvalue weighted by Gasteiger charge is 2.20. The zero-order valence-electron chi connectivity index (χ0n) is 11.7. The molecule has 4 nitrogen and oxygen atoms in total. The summed E-state index contributed by atoms with van der Waals surface area (Å²) >= 11 is 0. The van der Waals surface area contributed by atoms with E-state index in [0.29, 0.717) is 6.54 Å². The summed E-state index contributed by atoms with van der Waals surface area (Å²) in [5, 5.41) is 8.62. The number of hydrogen-bond acceptors (Lipinski definition) is 3. The van der Waals surface area contributed by atoms with Gasteiger partial charge in [-0.15, -0.1) is 0 Å². The highest BCUT2D eigenvalue weighted by atomic mass is 32.2. The Kier molecular flexibility index (Phi) is 4.73. The van der Waals surface area contributed by atoms with Crippen LogP contribution in [0.2, 0.25) is 0 Å². The van der Waals surface area contributed by atoms with E-state index in [1.807, 2.05) is 36.4 Å². The third-order valence-corrected chi connectivity index (χ3v) is 4.98. The van der Waals surface area contributed by atoms with Gasteiger partial charge in [-0.3, -0.25) is 0 Å². The van der Waals surface area contributed by atoms with Crippen molar-refractivity contribution < 1.29 is 8.42 Å². The molecule has 2 aromatic carbocycles. The van der Waals surface area contributed by atoms with Crippen LogP contribution in [0, 0.1) is 11.3 Å². The molecule has 0 bridgehead atoms. The molecule has 21 heavy (non-hydrogen) atoms. The first-order valence-electron chi connectivity index (χ1n) is 6.50. The molecular formula is C16H16N2O2S. The smallest absolute Gasteiger partial charge is 0.207 e. The van der Waals surface area contributed by atoms with Crippen LogP contribution in [0.3, 0.4) is 0 Å². The first-order valence-corrected chi connectivity index (χ1v) is 7.94. The second kappa shape index (κ2) is 6.53. The lowest BCUT2D eigenvalue weighted by Crippen LogP contribution is -2.26. The lowest BCUT2D eigenvalue weighted by molar-refractivity contribution is 0.466. The van der Waals surface area contributed by atoms with Crippen LogP contribution in [0.15, 0.2) is 59.5 Å². The van der Waals surface area contributed by atoms with Crippen molar-refractivity contribution in [1.82, 2.24) is 4.31 Å². The Morgan fingerprint density at radius 1 is 1.00 bits per heavy atom. The summed E-state index contributed by atoms with van der Waals surface area (Å²) in [6.45, 7) is 0.323. The Morgan fingerprint density at radius 3 is 2.19 bits per heavy atom. The lowest BCUT2D eigenvalue weighted by Gasteiger charge is -2.17. The van der Waals surface area contributed by atoms with Crippen LogP contribution in [0.25, 0.3) is 0 Å². The van der Waals surface area contributed by atoms with Crippen molar-refractivity contribution in [1.29, 1.82) is 5.26 Å². The summed E-state index contributed by atoms with van der Waals surface area (Å²) in [4.78, 5) is 0.239. The highest BCUT2D eigenvalue weighted by molar-refractivity contribution is 7.89. The van der Waals surface area contributed by atoms with Gasteiger partial charge in [0.05, 0.1) is 17.4 Å². The minimum Gasteiger partial charge on any atom is -0.207 e. The van der Waals surface area contributed by atoms with Gasteiger partial charge in [-0.25, -0.2) is 8.42 Å².